The summed E-state index contributed by atoms with van der Waals surface area (Å²) >= 11 is 7.62. The van der Waals surface area contributed by atoms with Crippen molar-refractivity contribution >= 4 is 29.3 Å². The molecule has 0 radical (unpaired) electrons. The normalized spacial score (nSPS) is 13.4. The number of carbonyl (C=O) groups excluding carboxylic acids is 1. The Kier molecular flexibility index (Phi) is 10.0. The van der Waals surface area contributed by atoms with Gasteiger partial charge in [0.25, 0.3) is 0 Å². The monoisotopic (exact) mass is 294 g/mol. The van der Waals surface area contributed by atoms with Crippen LogP contribution in [0.2, 0.25) is 0 Å². The van der Waals surface area contributed by atoms with E-state index in [0.29, 0.717) is 5.94 Å². The van der Waals surface area contributed by atoms with Gasteiger partial charge in [0.15, 0.2) is 0 Å². The van der Waals surface area contributed by atoms with Crippen molar-refractivity contribution in [1.29, 1.82) is 0 Å². The molecule has 0 rings (SSSR count). The Bertz CT molecular complexity index is 226. The maximum Gasteiger partial charge on any atom is 0.324 e. The van der Waals surface area contributed by atoms with Crippen molar-refractivity contribution in [3.8, 4) is 0 Å². The average Bonchev–Trinajstić information content (AvgIpc) is 2.26. The van der Waals surface area contributed by atoms with Crippen LogP contribution in [-0.2, 0) is 9.53 Å². The standard InChI is InChI=1S/C14H27ClO2S/c1-5-6-7-8-9-10-12(15)13(16)17-11-18-14(2,3)4/h12H,5-11H2,1-4H3. The minimum atomic E-state index is -0.479. The lowest BCUT2D eigenvalue weighted by Crippen LogP contribution is -2.19. The number of halogens is 1. The second kappa shape index (κ2) is 9.96. The molecule has 0 aromatic rings. The minimum absolute atomic E-state index is 0.113. The second-order valence-corrected chi connectivity index (χ2v) is 7.78. The van der Waals surface area contributed by atoms with Gasteiger partial charge in [0, 0.05) is 4.75 Å². The summed E-state index contributed by atoms with van der Waals surface area (Å²) in [6.07, 6.45) is 6.62. The molecule has 0 aromatic carbocycles. The molecule has 0 bridgehead atoms. The van der Waals surface area contributed by atoms with E-state index in [1.807, 2.05) is 0 Å². The van der Waals surface area contributed by atoms with Crippen molar-refractivity contribution in [3.63, 3.8) is 0 Å². The first-order valence-electron chi connectivity index (χ1n) is 6.81. The summed E-state index contributed by atoms with van der Waals surface area (Å²) < 4.78 is 5.26. The number of carbonyl (C=O) groups is 1. The van der Waals surface area contributed by atoms with Gasteiger partial charge in [0.05, 0.1) is 0 Å². The van der Waals surface area contributed by atoms with Crippen LogP contribution in [-0.4, -0.2) is 22.0 Å². The van der Waals surface area contributed by atoms with E-state index >= 15 is 0 Å². The van der Waals surface area contributed by atoms with Crippen LogP contribution in [0.3, 0.4) is 0 Å². The third-order valence-electron chi connectivity index (χ3n) is 2.51. The Hall–Kier alpha value is 0.110. The number of hydrogen-bond donors (Lipinski definition) is 0. The topological polar surface area (TPSA) is 26.3 Å². The van der Waals surface area contributed by atoms with Crippen LogP contribution in [0.1, 0.15) is 66.2 Å². The molecule has 0 aliphatic heterocycles. The first-order chi connectivity index (χ1) is 8.37. The number of unbranched alkanes of at least 4 members (excludes halogenated alkanes) is 4. The third kappa shape index (κ3) is 11.2. The fourth-order valence-corrected chi connectivity index (χ4v) is 2.15. The highest BCUT2D eigenvalue weighted by molar-refractivity contribution is 8.00. The molecular weight excluding hydrogens is 268 g/mol. The molecule has 0 amide bonds. The molecule has 4 heteroatoms. The van der Waals surface area contributed by atoms with Crippen LogP contribution in [0.4, 0.5) is 0 Å². The number of hydrogen-bond acceptors (Lipinski definition) is 3. The van der Waals surface area contributed by atoms with Crippen molar-refractivity contribution < 1.29 is 9.53 Å². The van der Waals surface area contributed by atoms with Gasteiger partial charge in [-0.2, -0.15) is 0 Å². The first kappa shape index (κ1) is 18.1. The summed E-state index contributed by atoms with van der Waals surface area (Å²) in [6, 6.07) is 0. The van der Waals surface area contributed by atoms with E-state index in [1.165, 1.54) is 19.3 Å². The predicted octanol–water partition coefficient (Wildman–Crippen LogP) is 4.99. The van der Waals surface area contributed by atoms with Crippen LogP contribution < -0.4 is 0 Å². The minimum Gasteiger partial charge on any atom is -0.454 e. The fraction of sp³-hybridized carbons (Fsp3) is 0.929. The van der Waals surface area contributed by atoms with Gasteiger partial charge in [-0.15, -0.1) is 23.4 Å². The first-order valence-corrected chi connectivity index (χ1v) is 8.23. The highest BCUT2D eigenvalue weighted by Gasteiger charge is 2.18. The van der Waals surface area contributed by atoms with E-state index < -0.39 is 5.38 Å². The average molecular weight is 295 g/mol. The molecular formula is C14H27ClO2S. The molecule has 1 atom stereocenters. The van der Waals surface area contributed by atoms with Crippen LogP contribution >= 0.6 is 23.4 Å². The lowest BCUT2D eigenvalue weighted by atomic mass is 10.1. The van der Waals surface area contributed by atoms with Crippen molar-refractivity contribution in [3.05, 3.63) is 0 Å². The van der Waals surface area contributed by atoms with Crippen LogP contribution in [0.15, 0.2) is 0 Å². The van der Waals surface area contributed by atoms with E-state index in [-0.39, 0.29) is 10.7 Å². The van der Waals surface area contributed by atoms with Crippen molar-refractivity contribution in [1.82, 2.24) is 0 Å². The Balaban J connectivity index is 3.57. The maximum atomic E-state index is 11.6. The number of ether oxygens (including phenoxy) is 1. The van der Waals surface area contributed by atoms with E-state index in [1.54, 1.807) is 11.8 Å². The van der Waals surface area contributed by atoms with Crippen molar-refractivity contribution in [2.24, 2.45) is 0 Å². The molecule has 0 saturated heterocycles. The second-order valence-electron chi connectivity index (χ2n) is 5.51. The molecule has 1 unspecified atom stereocenters. The zero-order valence-corrected chi connectivity index (χ0v) is 13.7. The number of rotatable bonds is 9. The van der Waals surface area contributed by atoms with Gasteiger partial charge in [-0.3, -0.25) is 4.79 Å². The summed E-state index contributed by atoms with van der Waals surface area (Å²) in [7, 11) is 0. The Labute approximate surface area is 121 Å². The third-order valence-corrected chi connectivity index (χ3v) is 4.01. The van der Waals surface area contributed by atoms with Gasteiger partial charge < -0.3 is 4.74 Å². The number of thioether (sulfide) groups is 1. The zero-order valence-electron chi connectivity index (χ0n) is 12.1. The van der Waals surface area contributed by atoms with Gasteiger partial charge in [-0.05, 0) is 6.42 Å². The van der Waals surface area contributed by atoms with E-state index in [2.05, 4.69) is 27.7 Å². The fourth-order valence-electron chi connectivity index (χ4n) is 1.40. The Morgan fingerprint density at radius 1 is 1.22 bits per heavy atom. The molecule has 0 heterocycles. The van der Waals surface area contributed by atoms with Gasteiger partial charge >= 0.3 is 5.97 Å². The van der Waals surface area contributed by atoms with Crippen LogP contribution in [0.5, 0.6) is 0 Å². The SMILES string of the molecule is CCCCCCCC(Cl)C(=O)OCSC(C)(C)C. The molecule has 18 heavy (non-hydrogen) atoms. The molecule has 108 valence electrons. The highest BCUT2D eigenvalue weighted by atomic mass is 35.5. The summed E-state index contributed by atoms with van der Waals surface area (Å²) in [6.45, 7) is 8.47. The molecule has 0 saturated carbocycles. The van der Waals surface area contributed by atoms with Crippen LogP contribution in [0, 0.1) is 0 Å². The zero-order chi connectivity index (χ0) is 14.0. The molecule has 0 aliphatic carbocycles. The largest absolute Gasteiger partial charge is 0.454 e. The number of esters is 1. The smallest absolute Gasteiger partial charge is 0.324 e. The predicted molar refractivity (Wildman–Crippen MR) is 81.3 cm³/mol. The maximum absolute atomic E-state index is 11.6. The highest BCUT2D eigenvalue weighted by Crippen LogP contribution is 2.23. The quantitative estimate of drug-likeness (QED) is 0.259. The van der Waals surface area contributed by atoms with Gasteiger partial charge in [0.1, 0.15) is 11.3 Å². The summed E-state index contributed by atoms with van der Waals surface area (Å²) in [4.78, 5) is 11.6. The van der Waals surface area contributed by atoms with Gasteiger partial charge in [-0.25, -0.2) is 0 Å². The molecule has 2 nitrogen and oxygen atoms in total. The summed E-state index contributed by atoms with van der Waals surface area (Å²) in [5.74, 6) is 0.116. The molecule has 0 fully saturated rings. The Morgan fingerprint density at radius 3 is 2.39 bits per heavy atom. The van der Waals surface area contributed by atoms with E-state index in [0.717, 1.165) is 19.3 Å². The van der Waals surface area contributed by atoms with Crippen molar-refractivity contribution in [2.75, 3.05) is 5.94 Å². The lowest BCUT2D eigenvalue weighted by Gasteiger charge is -2.17. The molecule has 0 spiro atoms. The summed E-state index contributed by atoms with van der Waals surface area (Å²) in [5.41, 5.74) is 0. The van der Waals surface area contributed by atoms with E-state index in [9.17, 15) is 4.79 Å². The van der Waals surface area contributed by atoms with Crippen LogP contribution in [0.25, 0.3) is 0 Å². The molecule has 0 N–H and O–H groups in total. The lowest BCUT2D eigenvalue weighted by molar-refractivity contribution is -0.141. The number of alkyl halides is 1. The summed E-state index contributed by atoms with van der Waals surface area (Å²) in [5, 5.41) is -0.479. The Morgan fingerprint density at radius 2 is 1.83 bits per heavy atom. The molecule has 0 aromatic heterocycles. The molecule has 0 aliphatic rings. The van der Waals surface area contributed by atoms with Crippen molar-refractivity contribution in [2.45, 2.75) is 76.3 Å². The van der Waals surface area contributed by atoms with Gasteiger partial charge in [-0.1, -0.05) is 59.8 Å². The van der Waals surface area contributed by atoms with E-state index in [4.69, 9.17) is 16.3 Å². The van der Waals surface area contributed by atoms with Gasteiger partial charge in [0.2, 0.25) is 0 Å².